The van der Waals surface area contributed by atoms with Gasteiger partial charge in [-0.05, 0) is 25.2 Å². The van der Waals surface area contributed by atoms with E-state index in [-0.39, 0.29) is 5.82 Å². The molecule has 0 radical (unpaired) electrons. The molecule has 1 aromatic rings. The number of nitrogens with zero attached hydrogens (tertiary/aromatic N) is 1. The van der Waals surface area contributed by atoms with Gasteiger partial charge < -0.3 is 9.84 Å². The fourth-order valence-corrected chi connectivity index (χ4v) is 1.56. The lowest BCUT2D eigenvalue weighted by molar-refractivity contribution is -0.131. The van der Waals surface area contributed by atoms with E-state index in [2.05, 4.69) is 0 Å². The summed E-state index contributed by atoms with van der Waals surface area (Å²) in [6, 6.07) is 4.33. The Morgan fingerprint density at radius 3 is 2.89 bits per heavy atom. The van der Waals surface area contributed by atoms with Crippen LogP contribution in [0, 0.1) is 5.82 Å². The van der Waals surface area contributed by atoms with Gasteiger partial charge in [0.25, 0.3) is 0 Å². The van der Waals surface area contributed by atoms with E-state index in [1.54, 1.807) is 6.07 Å². The maximum atomic E-state index is 13.1. The maximum absolute atomic E-state index is 13.1. The average molecular weight is 253 g/mol. The van der Waals surface area contributed by atoms with Crippen molar-refractivity contribution < 1.29 is 19.0 Å². The predicted molar refractivity (Wildman–Crippen MR) is 66.1 cm³/mol. The molecule has 5 heteroatoms. The van der Waals surface area contributed by atoms with Gasteiger partial charge in [0.1, 0.15) is 11.6 Å². The number of ether oxygens (including phenoxy) is 1. The first kappa shape index (κ1) is 14.2. The third kappa shape index (κ3) is 4.55. The quantitative estimate of drug-likeness (QED) is 0.787. The van der Waals surface area contributed by atoms with Crippen molar-refractivity contribution in [3.05, 3.63) is 41.7 Å². The Balaban J connectivity index is 2.66. The highest BCUT2D eigenvalue weighted by atomic mass is 19.1. The third-order valence-electron chi connectivity index (χ3n) is 2.36. The van der Waals surface area contributed by atoms with Gasteiger partial charge in [-0.3, -0.25) is 4.90 Å². The van der Waals surface area contributed by atoms with Crippen LogP contribution in [0.2, 0.25) is 0 Å². The Bertz CT molecular complexity index is 446. The minimum absolute atomic E-state index is 0.319. The molecular formula is C13H16FNO3. The summed E-state index contributed by atoms with van der Waals surface area (Å²) >= 11 is 0. The summed E-state index contributed by atoms with van der Waals surface area (Å²) in [6.45, 7) is 0.941. The van der Waals surface area contributed by atoms with Gasteiger partial charge >= 0.3 is 5.97 Å². The van der Waals surface area contributed by atoms with Crippen LogP contribution in [0.1, 0.15) is 5.56 Å². The highest BCUT2D eigenvalue weighted by molar-refractivity contribution is 5.79. The fourth-order valence-electron chi connectivity index (χ4n) is 1.56. The number of carboxylic acid groups (broad SMARTS) is 1. The number of carbonyl (C=O) groups is 1. The van der Waals surface area contributed by atoms with Crippen LogP contribution in [0.3, 0.4) is 0 Å². The van der Waals surface area contributed by atoms with Crippen LogP contribution in [0.4, 0.5) is 4.39 Å². The fraction of sp³-hybridized carbons (Fsp3) is 0.308. The van der Waals surface area contributed by atoms with Gasteiger partial charge in [0.15, 0.2) is 0 Å². The predicted octanol–water partition coefficient (Wildman–Crippen LogP) is 1.91. The van der Waals surface area contributed by atoms with Crippen LogP contribution >= 0.6 is 0 Å². The molecule has 0 unspecified atom stereocenters. The molecule has 1 rings (SSSR count). The number of hydrogen-bond acceptors (Lipinski definition) is 3. The highest BCUT2D eigenvalue weighted by Gasteiger charge is 2.07. The Hall–Kier alpha value is -1.88. The largest absolute Gasteiger partial charge is 0.496 e. The number of aliphatic carboxylic acids is 1. The lowest BCUT2D eigenvalue weighted by atomic mass is 10.2. The monoisotopic (exact) mass is 253 g/mol. The molecule has 0 saturated carbocycles. The minimum Gasteiger partial charge on any atom is -0.496 e. The average Bonchev–Trinajstić information content (AvgIpc) is 2.28. The molecule has 0 bridgehead atoms. The van der Waals surface area contributed by atoms with Crippen molar-refractivity contribution in [2.45, 2.75) is 6.54 Å². The number of rotatable bonds is 6. The molecule has 0 saturated heterocycles. The summed E-state index contributed by atoms with van der Waals surface area (Å²) in [7, 11) is 3.34. The molecular weight excluding hydrogens is 237 g/mol. The molecule has 0 amide bonds. The van der Waals surface area contributed by atoms with Gasteiger partial charge in [-0.2, -0.15) is 0 Å². The Labute approximate surface area is 105 Å². The first-order chi connectivity index (χ1) is 8.52. The van der Waals surface area contributed by atoms with Gasteiger partial charge in [-0.15, -0.1) is 0 Å². The highest BCUT2D eigenvalue weighted by Crippen LogP contribution is 2.20. The smallest absolute Gasteiger partial charge is 0.328 e. The second-order valence-electron chi connectivity index (χ2n) is 3.89. The minimum atomic E-state index is -0.980. The number of halogens is 1. The van der Waals surface area contributed by atoms with Crippen LogP contribution in [0.25, 0.3) is 0 Å². The molecule has 98 valence electrons. The van der Waals surface area contributed by atoms with E-state index in [0.29, 0.717) is 18.8 Å². The van der Waals surface area contributed by atoms with Crippen molar-refractivity contribution in [1.82, 2.24) is 4.90 Å². The van der Waals surface area contributed by atoms with E-state index in [1.165, 1.54) is 25.3 Å². The van der Waals surface area contributed by atoms with Crippen molar-refractivity contribution in [3.8, 4) is 5.75 Å². The summed E-state index contributed by atoms with van der Waals surface area (Å²) in [6.07, 6.45) is 2.62. The molecule has 0 atom stereocenters. The molecule has 1 aromatic carbocycles. The molecule has 0 aromatic heterocycles. The summed E-state index contributed by atoms with van der Waals surface area (Å²) in [5.41, 5.74) is 0.726. The molecule has 0 aliphatic rings. The molecule has 0 fully saturated rings. The summed E-state index contributed by atoms with van der Waals surface area (Å²) < 4.78 is 18.3. The first-order valence-corrected chi connectivity index (χ1v) is 5.43. The van der Waals surface area contributed by atoms with Gasteiger partial charge in [-0.25, -0.2) is 9.18 Å². The van der Waals surface area contributed by atoms with Crippen LogP contribution < -0.4 is 4.74 Å². The van der Waals surface area contributed by atoms with Crippen molar-refractivity contribution in [1.29, 1.82) is 0 Å². The Kier molecular flexibility index (Phi) is 5.32. The molecule has 1 N–H and O–H groups in total. The summed E-state index contributed by atoms with van der Waals surface area (Å²) in [4.78, 5) is 12.2. The van der Waals surface area contributed by atoms with Crippen LogP contribution in [-0.2, 0) is 11.3 Å². The zero-order chi connectivity index (χ0) is 13.5. The van der Waals surface area contributed by atoms with Crippen LogP contribution in [0.15, 0.2) is 30.4 Å². The number of hydrogen-bond donors (Lipinski definition) is 1. The molecule has 0 spiro atoms. The van der Waals surface area contributed by atoms with E-state index in [9.17, 15) is 9.18 Å². The lowest BCUT2D eigenvalue weighted by Gasteiger charge is -2.16. The van der Waals surface area contributed by atoms with Crippen LogP contribution in [0.5, 0.6) is 5.75 Å². The van der Waals surface area contributed by atoms with Crippen LogP contribution in [-0.4, -0.2) is 36.7 Å². The van der Waals surface area contributed by atoms with E-state index in [1.807, 2.05) is 11.9 Å². The lowest BCUT2D eigenvalue weighted by Crippen LogP contribution is -2.18. The topological polar surface area (TPSA) is 49.8 Å². The van der Waals surface area contributed by atoms with Gasteiger partial charge in [-0.1, -0.05) is 6.08 Å². The standard InChI is InChI=1S/C13H16FNO3/c1-15(7-3-4-13(16)17)9-10-8-11(14)5-6-12(10)18-2/h3-6,8H,7,9H2,1-2H3,(H,16,17)/b4-3+. The van der Waals surface area contributed by atoms with Gasteiger partial charge in [0.2, 0.25) is 0 Å². The normalized spacial score (nSPS) is 11.1. The first-order valence-electron chi connectivity index (χ1n) is 5.43. The summed E-state index contributed by atoms with van der Waals surface area (Å²) in [5.74, 6) is -0.683. The molecule has 0 aliphatic carbocycles. The van der Waals surface area contributed by atoms with Gasteiger partial charge in [0.05, 0.1) is 7.11 Å². The molecule has 18 heavy (non-hydrogen) atoms. The van der Waals surface area contributed by atoms with E-state index in [0.717, 1.165) is 11.6 Å². The third-order valence-corrected chi connectivity index (χ3v) is 2.36. The summed E-state index contributed by atoms with van der Waals surface area (Å²) in [5, 5.41) is 8.46. The van der Waals surface area contributed by atoms with Crippen molar-refractivity contribution >= 4 is 5.97 Å². The van der Waals surface area contributed by atoms with Crippen molar-refractivity contribution in [2.75, 3.05) is 20.7 Å². The van der Waals surface area contributed by atoms with Crippen molar-refractivity contribution in [2.24, 2.45) is 0 Å². The zero-order valence-electron chi connectivity index (χ0n) is 10.4. The van der Waals surface area contributed by atoms with E-state index in [4.69, 9.17) is 9.84 Å². The maximum Gasteiger partial charge on any atom is 0.328 e. The SMILES string of the molecule is COc1ccc(F)cc1CN(C)C/C=C/C(=O)O. The Morgan fingerprint density at radius 2 is 2.28 bits per heavy atom. The molecule has 0 aliphatic heterocycles. The van der Waals surface area contributed by atoms with Gasteiger partial charge in [0, 0.05) is 24.7 Å². The van der Waals surface area contributed by atoms with E-state index >= 15 is 0 Å². The van der Waals surface area contributed by atoms with E-state index < -0.39 is 5.97 Å². The molecule has 0 heterocycles. The number of benzene rings is 1. The Morgan fingerprint density at radius 1 is 1.56 bits per heavy atom. The zero-order valence-corrected chi connectivity index (χ0v) is 10.4. The number of carboxylic acids is 1. The number of methoxy groups -OCH3 is 1. The number of likely N-dealkylation sites (N-methyl/N-ethyl adjacent to an activating group) is 1. The molecule has 4 nitrogen and oxygen atoms in total. The second-order valence-corrected chi connectivity index (χ2v) is 3.89. The van der Waals surface area contributed by atoms with Crippen molar-refractivity contribution in [3.63, 3.8) is 0 Å². The second kappa shape index (κ2) is 6.76.